The van der Waals surface area contributed by atoms with Crippen LogP contribution in [0.15, 0.2) is 54.7 Å². The van der Waals surface area contributed by atoms with Crippen LogP contribution in [0.3, 0.4) is 0 Å². The molecule has 0 aliphatic carbocycles. The van der Waals surface area contributed by atoms with E-state index >= 15 is 0 Å². The fourth-order valence-electron chi connectivity index (χ4n) is 2.67. The molecule has 0 saturated heterocycles. The predicted octanol–water partition coefficient (Wildman–Crippen LogP) is 3.21. The zero-order chi connectivity index (χ0) is 15.6. The van der Waals surface area contributed by atoms with Crippen molar-refractivity contribution >= 4 is 5.65 Å². The summed E-state index contributed by atoms with van der Waals surface area (Å²) in [5, 5.41) is 4.56. The fourth-order valence-corrected chi connectivity index (χ4v) is 2.67. The monoisotopic (exact) mass is 303 g/mol. The Balaban J connectivity index is 1.50. The van der Waals surface area contributed by atoms with Gasteiger partial charge in [-0.2, -0.15) is 5.10 Å². The van der Waals surface area contributed by atoms with Crippen LogP contribution in [0.5, 0.6) is 0 Å². The Kier molecular flexibility index (Phi) is 3.38. The zero-order valence-electron chi connectivity index (χ0n) is 12.9. The number of fused-ring (bicyclic) bond motifs is 1. The van der Waals surface area contributed by atoms with Gasteiger partial charge in [-0.15, -0.1) is 0 Å². The highest BCUT2D eigenvalue weighted by Gasteiger charge is 2.07. The molecule has 114 valence electrons. The zero-order valence-corrected chi connectivity index (χ0v) is 12.9. The van der Waals surface area contributed by atoms with Gasteiger partial charge in [-0.1, -0.05) is 36.4 Å². The molecule has 1 aromatic carbocycles. The lowest BCUT2D eigenvalue weighted by Gasteiger charge is -1.96. The summed E-state index contributed by atoms with van der Waals surface area (Å²) in [6.07, 6.45) is 3.44. The van der Waals surface area contributed by atoms with Gasteiger partial charge < -0.3 is 4.98 Å². The number of hydrogen-bond acceptors (Lipinski definition) is 3. The first kappa shape index (κ1) is 13.7. The number of aromatic nitrogens is 5. The van der Waals surface area contributed by atoms with E-state index in [4.69, 9.17) is 0 Å². The van der Waals surface area contributed by atoms with Crippen molar-refractivity contribution in [3.05, 3.63) is 72.1 Å². The molecule has 0 atom stereocenters. The summed E-state index contributed by atoms with van der Waals surface area (Å²) in [5.74, 6) is 1.80. The van der Waals surface area contributed by atoms with Gasteiger partial charge >= 0.3 is 0 Å². The van der Waals surface area contributed by atoms with Crippen LogP contribution < -0.4 is 0 Å². The molecule has 4 aromatic rings. The lowest BCUT2D eigenvalue weighted by molar-refractivity contribution is 0.799. The molecule has 3 aromatic heterocycles. The molecule has 0 saturated carbocycles. The molecule has 0 radical (unpaired) electrons. The molecule has 5 heteroatoms. The number of imidazole rings is 1. The molecule has 3 heterocycles. The van der Waals surface area contributed by atoms with Gasteiger partial charge in [0.15, 0.2) is 11.5 Å². The summed E-state index contributed by atoms with van der Waals surface area (Å²) in [6.45, 7) is 2.03. The van der Waals surface area contributed by atoms with Gasteiger partial charge in [0, 0.05) is 18.5 Å². The maximum absolute atomic E-state index is 4.56. The number of rotatable bonds is 4. The molecule has 0 spiro atoms. The highest BCUT2D eigenvalue weighted by molar-refractivity contribution is 5.57. The largest absolute Gasteiger partial charge is 0.342 e. The van der Waals surface area contributed by atoms with Gasteiger partial charge in [0.1, 0.15) is 5.82 Å². The van der Waals surface area contributed by atoms with E-state index in [1.807, 2.05) is 54.0 Å². The van der Waals surface area contributed by atoms with Crippen molar-refractivity contribution in [3.63, 3.8) is 0 Å². The van der Waals surface area contributed by atoms with E-state index in [1.165, 1.54) is 0 Å². The number of pyridine rings is 1. The van der Waals surface area contributed by atoms with Gasteiger partial charge in [0.2, 0.25) is 0 Å². The molecule has 23 heavy (non-hydrogen) atoms. The molecule has 4 rings (SSSR count). The number of aryl methyl sites for hydroxylation is 3. The SMILES string of the molecule is Cc1cccc2nc(CCc3ncc(-c4ccccc4)[nH]3)nn12. The third-order valence-corrected chi connectivity index (χ3v) is 3.89. The van der Waals surface area contributed by atoms with E-state index in [1.54, 1.807) is 0 Å². The van der Waals surface area contributed by atoms with E-state index in [-0.39, 0.29) is 0 Å². The molecule has 0 fully saturated rings. The molecule has 0 amide bonds. The highest BCUT2D eigenvalue weighted by Crippen LogP contribution is 2.16. The average Bonchev–Trinajstić information content (AvgIpc) is 3.21. The second kappa shape index (κ2) is 5.68. The normalized spacial score (nSPS) is 11.2. The summed E-state index contributed by atoms with van der Waals surface area (Å²) in [4.78, 5) is 12.4. The van der Waals surface area contributed by atoms with Crippen LogP contribution in [0.2, 0.25) is 0 Å². The minimum Gasteiger partial charge on any atom is -0.342 e. The van der Waals surface area contributed by atoms with Crippen molar-refractivity contribution in [2.75, 3.05) is 0 Å². The second-order valence-corrected chi connectivity index (χ2v) is 5.57. The molecule has 0 bridgehead atoms. The molecule has 0 unspecified atom stereocenters. The number of aromatic amines is 1. The minimum atomic E-state index is 0.767. The standard InChI is InChI=1S/C18H17N5/c1-13-6-5-9-18-21-17(22-23(13)18)11-10-16-19-12-15(20-16)14-7-3-2-4-8-14/h2-9,12H,10-11H2,1H3,(H,19,20). The Hall–Kier alpha value is -2.95. The van der Waals surface area contributed by atoms with Gasteiger partial charge in [-0.3, -0.25) is 0 Å². The van der Waals surface area contributed by atoms with Gasteiger partial charge in [0.25, 0.3) is 0 Å². The summed E-state index contributed by atoms with van der Waals surface area (Å²) in [6, 6.07) is 16.2. The van der Waals surface area contributed by atoms with Gasteiger partial charge in [0.05, 0.1) is 11.9 Å². The molecule has 0 aliphatic heterocycles. The highest BCUT2D eigenvalue weighted by atomic mass is 15.3. The van der Waals surface area contributed by atoms with Crippen LogP contribution in [-0.4, -0.2) is 24.6 Å². The topological polar surface area (TPSA) is 58.9 Å². The van der Waals surface area contributed by atoms with Crippen LogP contribution in [0, 0.1) is 6.92 Å². The summed E-state index contributed by atoms with van der Waals surface area (Å²) in [7, 11) is 0. The Labute approximate surface area is 134 Å². The first-order valence-electron chi connectivity index (χ1n) is 7.70. The van der Waals surface area contributed by atoms with Crippen molar-refractivity contribution in [2.24, 2.45) is 0 Å². The third-order valence-electron chi connectivity index (χ3n) is 3.89. The van der Waals surface area contributed by atoms with Crippen molar-refractivity contribution in [1.82, 2.24) is 24.6 Å². The lowest BCUT2D eigenvalue weighted by atomic mass is 10.2. The number of benzene rings is 1. The van der Waals surface area contributed by atoms with Crippen LogP contribution in [-0.2, 0) is 12.8 Å². The molecule has 1 N–H and O–H groups in total. The maximum Gasteiger partial charge on any atom is 0.155 e. The first-order chi connectivity index (χ1) is 11.3. The summed E-state index contributed by atoms with van der Waals surface area (Å²) in [5.41, 5.74) is 4.17. The quantitative estimate of drug-likeness (QED) is 0.630. The Morgan fingerprint density at radius 1 is 1.00 bits per heavy atom. The van der Waals surface area contributed by atoms with Crippen LogP contribution in [0.25, 0.3) is 16.9 Å². The Morgan fingerprint density at radius 3 is 2.70 bits per heavy atom. The fraction of sp³-hybridized carbons (Fsp3) is 0.167. The van der Waals surface area contributed by atoms with E-state index < -0.39 is 0 Å². The van der Waals surface area contributed by atoms with E-state index in [9.17, 15) is 0 Å². The van der Waals surface area contributed by atoms with Crippen LogP contribution in [0.4, 0.5) is 0 Å². The minimum absolute atomic E-state index is 0.767. The molecule has 5 nitrogen and oxygen atoms in total. The molecular weight excluding hydrogens is 286 g/mol. The van der Waals surface area contributed by atoms with Crippen molar-refractivity contribution in [1.29, 1.82) is 0 Å². The maximum atomic E-state index is 4.56. The first-order valence-corrected chi connectivity index (χ1v) is 7.70. The van der Waals surface area contributed by atoms with Gasteiger partial charge in [-0.05, 0) is 24.6 Å². The smallest absolute Gasteiger partial charge is 0.155 e. The van der Waals surface area contributed by atoms with E-state index in [0.717, 1.165) is 47.1 Å². The van der Waals surface area contributed by atoms with Gasteiger partial charge in [-0.25, -0.2) is 14.5 Å². The number of nitrogens with zero attached hydrogens (tertiary/aromatic N) is 4. The number of H-pyrrole nitrogens is 1. The number of hydrogen-bond donors (Lipinski definition) is 1. The van der Waals surface area contributed by atoms with E-state index in [2.05, 4.69) is 32.2 Å². The summed E-state index contributed by atoms with van der Waals surface area (Å²) >= 11 is 0. The van der Waals surface area contributed by atoms with Crippen LogP contribution >= 0.6 is 0 Å². The Bertz CT molecular complexity index is 936. The summed E-state index contributed by atoms with van der Waals surface area (Å²) < 4.78 is 1.88. The average molecular weight is 303 g/mol. The van der Waals surface area contributed by atoms with Crippen molar-refractivity contribution in [2.45, 2.75) is 19.8 Å². The second-order valence-electron chi connectivity index (χ2n) is 5.57. The molecule has 0 aliphatic rings. The Morgan fingerprint density at radius 2 is 1.87 bits per heavy atom. The lowest BCUT2D eigenvalue weighted by Crippen LogP contribution is -1.97. The van der Waals surface area contributed by atoms with E-state index in [0.29, 0.717) is 0 Å². The number of nitrogens with one attached hydrogen (secondary N) is 1. The predicted molar refractivity (Wildman–Crippen MR) is 89.2 cm³/mol. The molecular formula is C18H17N5. The van der Waals surface area contributed by atoms with Crippen molar-refractivity contribution in [3.8, 4) is 11.3 Å². The third kappa shape index (κ3) is 2.73. The van der Waals surface area contributed by atoms with Crippen LogP contribution in [0.1, 0.15) is 17.3 Å². The van der Waals surface area contributed by atoms with Crippen molar-refractivity contribution < 1.29 is 0 Å².